The van der Waals surface area contributed by atoms with Crippen molar-refractivity contribution in [2.75, 3.05) is 13.2 Å². The van der Waals surface area contributed by atoms with Gasteiger partial charge in [-0.15, -0.1) is 9.24 Å². The maximum Gasteiger partial charge on any atom is 0.336 e. The molecule has 2 unspecified atom stereocenters. The van der Waals surface area contributed by atoms with E-state index < -0.39 is 42.3 Å². The summed E-state index contributed by atoms with van der Waals surface area (Å²) in [5.74, 6) is -0.396. The van der Waals surface area contributed by atoms with E-state index in [1.54, 1.807) is 57.2 Å². The Labute approximate surface area is 271 Å². The van der Waals surface area contributed by atoms with Gasteiger partial charge in [-0.2, -0.15) is 0 Å². The molecular formula is C30H49N3O11P2. The smallest absolute Gasteiger partial charge is 0.336 e. The average Bonchev–Trinajstić information content (AvgIpc) is 3.11. The van der Waals surface area contributed by atoms with Crippen LogP contribution in [-0.4, -0.2) is 63.2 Å². The van der Waals surface area contributed by atoms with E-state index in [2.05, 4.69) is 19.9 Å². The zero-order valence-corrected chi connectivity index (χ0v) is 28.8. The Morgan fingerprint density at radius 1 is 1.11 bits per heavy atom. The Hall–Kier alpha value is -3.09. The van der Waals surface area contributed by atoms with Gasteiger partial charge in [0.15, 0.2) is 0 Å². The lowest BCUT2D eigenvalue weighted by Crippen LogP contribution is -2.51. The fourth-order valence-electron chi connectivity index (χ4n) is 4.46. The molecule has 12 N–H and O–H groups in total. The van der Waals surface area contributed by atoms with E-state index in [1.165, 1.54) is 0 Å². The number of primary amides is 1. The number of rotatable bonds is 11. The van der Waals surface area contributed by atoms with E-state index in [9.17, 15) is 28.7 Å². The highest BCUT2D eigenvalue weighted by molar-refractivity contribution is 7.60. The fraction of sp³-hybridized carbons (Fsp3) is 0.500. The van der Waals surface area contributed by atoms with Crippen LogP contribution in [0, 0.1) is 11.3 Å². The van der Waals surface area contributed by atoms with Gasteiger partial charge in [0.1, 0.15) is 17.5 Å². The molecule has 0 fully saturated rings. The molecule has 260 valence electrons. The second kappa shape index (κ2) is 17.7. The third-order valence-corrected chi connectivity index (χ3v) is 9.54. The SMILES string of the molecule is CC(C)COc1cc2c(cc1C(N)=O)[C@H](NC(=O)[C@H](Cc1ccc(C(P)P(=O)(O)O)cc1)NC(=O)C(C)(C)C)CCCO2.O.O.O. The van der Waals surface area contributed by atoms with E-state index in [1.807, 2.05) is 13.8 Å². The molecule has 1 aliphatic rings. The van der Waals surface area contributed by atoms with Crippen LogP contribution >= 0.6 is 16.8 Å². The monoisotopic (exact) mass is 689 g/mol. The summed E-state index contributed by atoms with van der Waals surface area (Å²) in [4.78, 5) is 58.1. The lowest BCUT2D eigenvalue weighted by molar-refractivity contribution is -0.133. The van der Waals surface area contributed by atoms with Crippen molar-refractivity contribution in [1.82, 2.24) is 10.6 Å². The number of hydrogen-bond donors (Lipinski definition) is 5. The van der Waals surface area contributed by atoms with Gasteiger partial charge < -0.3 is 52.1 Å². The first-order chi connectivity index (χ1) is 20.0. The number of benzene rings is 2. The number of hydrogen-bond acceptors (Lipinski definition) is 6. The van der Waals surface area contributed by atoms with Crippen LogP contribution in [0.5, 0.6) is 11.5 Å². The van der Waals surface area contributed by atoms with Gasteiger partial charge in [0.2, 0.25) is 11.8 Å². The van der Waals surface area contributed by atoms with E-state index in [-0.39, 0.29) is 40.2 Å². The van der Waals surface area contributed by atoms with Crippen molar-refractivity contribution in [2.24, 2.45) is 17.1 Å². The summed E-state index contributed by atoms with van der Waals surface area (Å²) in [5, 5.41) is 4.85. The van der Waals surface area contributed by atoms with E-state index in [0.29, 0.717) is 54.2 Å². The molecule has 3 amide bonds. The Morgan fingerprint density at radius 3 is 2.24 bits per heavy atom. The topological polar surface area (TPSA) is 272 Å². The number of carbonyl (C=O) groups is 3. The third kappa shape index (κ3) is 11.6. The predicted molar refractivity (Wildman–Crippen MR) is 178 cm³/mol. The zero-order chi connectivity index (χ0) is 32.1. The van der Waals surface area contributed by atoms with E-state index in [0.717, 1.165) is 0 Å². The van der Waals surface area contributed by atoms with Gasteiger partial charge >= 0.3 is 7.60 Å². The quantitative estimate of drug-likeness (QED) is 0.215. The van der Waals surface area contributed by atoms with E-state index >= 15 is 0 Å². The van der Waals surface area contributed by atoms with Gasteiger partial charge in [0.05, 0.1) is 30.2 Å². The molecule has 1 aliphatic heterocycles. The zero-order valence-electron chi connectivity index (χ0n) is 26.8. The maximum atomic E-state index is 13.8. The minimum Gasteiger partial charge on any atom is -0.493 e. The first-order valence-electron chi connectivity index (χ1n) is 14.2. The number of nitrogens with two attached hydrogens (primary N) is 1. The molecule has 0 spiro atoms. The summed E-state index contributed by atoms with van der Waals surface area (Å²) < 4.78 is 23.5. The van der Waals surface area contributed by atoms with Crippen LogP contribution in [0.15, 0.2) is 36.4 Å². The predicted octanol–water partition coefficient (Wildman–Crippen LogP) is 1.50. The molecule has 0 radical (unpaired) electrons. The molecule has 2 aromatic rings. The largest absolute Gasteiger partial charge is 0.493 e. The van der Waals surface area contributed by atoms with Crippen molar-refractivity contribution in [1.29, 1.82) is 0 Å². The standard InChI is InChI=1S/C30H43N3O8P2.3H2O/c1-17(2)16-41-25-15-24-20(14-21(25)26(31)34)22(7-6-12-40-24)32-27(35)23(33-29(36)30(3,4)5)13-18-8-10-19(11-9-18)28(42)43(37,38)39;;;/h8-11,14-15,17,22-23,28H,6-7,12-13,16,42H2,1-5H3,(H2,31,34)(H,32,35)(H,33,36)(H2,37,38,39);3*1H2/t22-,23+,28?;;;/m1.../s1. The number of nitrogens with one attached hydrogen (secondary N) is 2. The second-order valence-corrected chi connectivity index (χ2v) is 15.2. The minimum atomic E-state index is -4.35. The highest BCUT2D eigenvalue weighted by Gasteiger charge is 2.32. The molecule has 2 aromatic carbocycles. The van der Waals surface area contributed by atoms with Gasteiger partial charge in [0.25, 0.3) is 5.91 Å². The van der Waals surface area contributed by atoms with Crippen LogP contribution in [0.25, 0.3) is 0 Å². The van der Waals surface area contributed by atoms with Crippen molar-refractivity contribution in [3.63, 3.8) is 0 Å². The van der Waals surface area contributed by atoms with Crippen LogP contribution < -0.4 is 25.8 Å². The molecule has 4 atom stereocenters. The molecule has 3 rings (SSSR count). The Bertz CT molecular complexity index is 1380. The maximum absolute atomic E-state index is 13.8. The van der Waals surface area contributed by atoms with Crippen molar-refractivity contribution >= 4 is 34.6 Å². The van der Waals surface area contributed by atoms with Crippen molar-refractivity contribution in [2.45, 2.75) is 71.4 Å². The second-order valence-electron chi connectivity index (χ2n) is 12.3. The number of carbonyl (C=O) groups excluding carboxylic acids is 3. The van der Waals surface area contributed by atoms with Crippen molar-refractivity contribution < 1.29 is 54.6 Å². The molecular weight excluding hydrogens is 640 g/mol. The Balaban J connectivity index is 0.00000675. The van der Waals surface area contributed by atoms with Gasteiger partial charge in [-0.3, -0.25) is 18.9 Å². The molecule has 0 aliphatic carbocycles. The number of amides is 3. The summed E-state index contributed by atoms with van der Waals surface area (Å²) in [7, 11) is -2.20. The van der Waals surface area contributed by atoms with Gasteiger partial charge in [0, 0.05) is 23.5 Å². The highest BCUT2D eigenvalue weighted by Crippen LogP contribution is 2.55. The van der Waals surface area contributed by atoms with Crippen LogP contribution in [0.1, 0.15) is 86.0 Å². The van der Waals surface area contributed by atoms with Crippen molar-refractivity contribution in [3.8, 4) is 11.5 Å². The minimum absolute atomic E-state index is 0. The Morgan fingerprint density at radius 2 is 1.72 bits per heavy atom. The molecule has 0 aromatic heterocycles. The molecule has 16 heteroatoms. The average molecular weight is 690 g/mol. The van der Waals surface area contributed by atoms with Crippen LogP contribution in [-0.2, 0) is 20.6 Å². The number of ether oxygens (including phenoxy) is 2. The van der Waals surface area contributed by atoms with Crippen molar-refractivity contribution in [3.05, 3.63) is 58.7 Å². The van der Waals surface area contributed by atoms with Gasteiger partial charge in [-0.05, 0) is 36.0 Å². The number of fused-ring (bicyclic) bond motifs is 1. The highest BCUT2D eigenvalue weighted by atomic mass is 31.2. The molecule has 1 heterocycles. The molecule has 0 saturated heterocycles. The molecule has 0 bridgehead atoms. The fourth-order valence-corrected chi connectivity index (χ4v) is 5.24. The van der Waals surface area contributed by atoms with Crippen LogP contribution in [0.4, 0.5) is 0 Å². The summed E-state index contributed by atoms with van der Waals surface area (Å²) >= 11 is 0. The van der Waals surface area contributed by atoms with Gasteiger partial charge in [-0.1, -0.05) is 58.9 Å². The normalized spacial score (nSPS) is 15.6. The first-order valence-corrected chi connectivity index (χ1v) is 16.6. The third-order valence-electron chi connectivity index (χ3n) is 6.96. The summed E-state index contributed by atoms with van der Waals surface area (Å²) in [5.41, 5.74) is 6.81. The lowest BCUT2D eigenvalue weighted by Gasteiger charge is -2.27. The summed E-state index contributed by atoms with van der Waals surface area (Å²) in [6, 6.07) is 8.30. The molecule has 0 saturated carbocycles. The Kier molecular flexibility index (Phi) is 16.5. The lowest BCUT2D eigenvalue weighted by atomic mass is 9.94. The molecule has 46 heavy (non-hydrogen) atoms. The van der Waals surface area contributed by atoms with Gasteiger partial charge in [-0.25, -0.2) is 0 Å². The first kappa shape index (κ1) is 42.9. The van der Waals surface area contributed by atoms with Crippen LogP contribution in [0.2, 0.25) is 0 Å². The summed E-state index contributed by atoms with van der Waals surface area (Å²) in [6.45, 7) is 10.00. The summed E-state index contributed by atoms with van der Waals surface area (Å²) in [6.07, 6.45) is 1.29. The van der Waals surface area contributed by atoms with E-state index in [4.69, 9.17) is 15.2 Å². The molecule has 14 nitrogen and oxygen atoms in total. The van der Waals surface area contributed by atoms with Crippen LogP contribution in [0.3, 0.4) is 0 Å².